The van der Waals surface area contributed by atoms with E-state index in [1.165, 1.54) is 12.1 Å². The van der Waals surface area contributed by atoms with E-state index in [-0.39, 0.29) is 22.8 Å². The van der Waals surface area contributed by atoms with E-state index in [9.17, 15) is 14.0 Å². The number of carbonyl (C=O) groups is 2. The lowest BCUT2D eigenvalue weighted by molar-refractivity contribution is -0.122. The number of aromatic nitrogens is 2. The molecular formula is C21H27ClFN5O2. The molecule has 0 aliphatic carbocycles. The molecule has 9 heteroatoms. The molecule has 1 saturated heterocycles. The Hall–Kier alpha value is -2.45. The van der Waals surface area contributed by atoms with Gasteiger partial charge in [0.05, 0.1) is 24.3 Å². The van der Waals surface area contributed by atoms with E-state index < -0.39 is 0 Å². The van der Waals surface area contributed by atoms with Crippen molar-refractivity contribution in [3.63, 3.8) is 0 Å². The summed E-state index contributed by atoms with van der Waals surface area (Å²) in [5.41, 5.74) is 1.81. The second-order valence-corrected chi connectivity index (χ2v) is 7.77. The lowest BCUT2D eigenvalue weighted by Gasteiger charge is -2.21. The third kappa shape index (κ3) is 5.37. The number of aryl methyl sites for hydroxylation is 1. The van der Waals surface area contributed by atoms with Gasteiger partial charge in [0.1, 0.15) is 11.0 Å². The quantitative estimate of drug-likeness (QED) is 0.756. The average Bonchev–Trinajstić information content (AvgIpc) is 2.86. The van der Waals surface area contributed by atoms with Gasteiger partial charge in [-0.05, 0) is 38.0 Å². The zero-order valence-corrected chi connectivity index (χ0v) is 18.1. The molecule has 1 aliphatic rings. The van der Waals surface area contributed by atoms with Crippen LogP contribution in [0, 0.1) is 12.7 Å². The Morgan fingerprint density at radius 2 is 1.90 bits per heavy atom. The first-order valence-electron chi connectivity index (χ1n) is 10.1. The van der Waals surface area contributed by atoms with Crippen molar-refractivity contribution in [3.05, 3.63) is 52.1 Å². The van der Waals surface area contributed by atoms with Gasteiger partial charge in [-0.1, -0.05) is 23.7 Å². The van der Waals surface area contributed by atoms with Crippen LogP contribution in [0.2, 0.25) is 5.15 Å². The highest BCUT2D eigenvalue weighted by Crippen LogP contribution is 2.23. The molecule has 2 aromatic rings. The van der Waals surface area contributed by atoms with Gasteiger partial charge >= 0.3 is 0 Å². The fourth-order valence-corrected chi connectivity index (χ4v) is 3.93. The molecule has 0 bridgehead atoms. The second-order valence-electron chi connectivity index (χ2n) is 7.41. The predicted octanol–water partition coefficient (Wildman–Crippen LogP) is 2.32. The van der Waals surface area contributed by atoms with Crippen LogP contribution < -0.4 is 5.32 Å². The lowest BCUT2D eigenvalue weighted by Crippen LogP contribution is -2.40. The monoisotopic (exact) mass is 435 g/mol. The van der Waals surface area contributed by atoms with Gasteiger partial charge in [-0.2, -0.15) is 5.10 Å². The van der Waals surface area contributed by atoms with Crippen LogP contribution in [0.15, 0.2) is 24.3 Å². The fourth-order valence-electron chi connectivity index (χ4n) is 3.61. The standard InChI is InChI=1S/C21H27ClFN5O2/c1-3-24-18(29)14-26-9-4-10-27(12-11-26)21(30)19-15(2)25-28(20(19)22)13-16-5-7-17(23)8-6-16/h5-8H,3-4,9-14H2,1-2H3,(H,24,29). The second kappa shape index (κ2) is 10.0. The van der Waals surface area contributed by atoms with Gasteiger partial charge in [-0.15, -0.1) is 0 Å². The van der Waals surface area contributed by atoms with Gasteiger partial charge < -0.3 is 10.2 Å². The van der Waals surface area contributed by atoms with Gasteiger partial charge in [-0.3, -0.25) is 14.5 Å². The topological polar surface area (TPSA) is 70.5 Å². The number of halogens is 2. The largest absolute Gasteiger partial charge is 0.355 e. The minimum absolute atomic E-state index is 0.00163. The summed E-state index contributed by atoms with van der Waals surface area (Å²) in [7, 11) is 0. The molecular weight excluding hydrogens is 409 g/mol. The molecule has 1 N–H and O–H groups in total. The number of likely N-dealkylation sites (N-methyl/N-ethyl adjacent to an activating group) is 1. The van der Waals surface area contributed by atoms with E-state index >= 15 is 0 Å². The molecule has 2 heterocycles. The van der Waals surface area contributed by atoms with Crippen LogP contribution in [0.5, 0.6) is 0 Å². The summed E-state index contributed by atoms with van der Waals surface area (Å²) in [5, 5.41) is 7.51. The Balaban J connectivity index is 1.68. The van der Waals surface area contributed by atoms with Crippen LogP contribution in [-0.4, -0.2) is 70.7 Å². The summed E-state index contributed by atoms with van der Waals surface area (Å²) in [6.07, 6.45) is 0.783. The highest BCUT2D eigenvalue weighted by Gasteiger charge is 2.27. The molecule has 0 saturated carbocycles. The molecule has 3 rings (SSSR count). The highest BCUT2D eigenvalue weighted by molar-refractivity contribution is 6.33. The molecule has 30 heavy (non-hydrogen) atoms. The van der Waals surface area contributed by atoms with Crippen LogP contribution in [-0.2, 0) is 11.3 Å². The molecule has 1 aromatic carbocycles. The van der Waals surface area contributed by atoms with E-state index in [1.54, 1.807) is 28.6 Å². The summed E-state index contributed by atoms with van der Waals surface area (Å²) < 4.78 is 14.7. The summed E-state index contributed by atoms with van der Waals surface area (Å²) in [5.74, 6) is -0.458. The number of nitrogens with zero attached hydrogens (tertiary/aromatic N) is 4. The highest BCUT2D eigenvalue weighted by atomic mass is 35.5. The maximum Gasteiger partial charge on any atom is 0.258 e. The number of amides is 2. The van der Waals surface area contributed by atoms with Crippen LogP contribution in [0.25, 0.3) is 0 Å². The van der Waals surface area contributed by atoms with Crippen molar-refractivity contribution in [2.45, 2.75) is 26.8 Å². The number of rotatable bonds is 6. The fraction of sp³-hybridized carbons (Fsp3) is 0.476. The molecule has 0 atom stereocenters. The van der Waals surface area contributed by atoms with Crippen molar-refractivity contribution >= 4 is 23.4 Å². The Morgan fingerprint density at radius 1 is 1.17 bits per heavy atom. The zero-order chi connectivity index (χ0) is 21.7. The number of hydrogen-bond donors (Lipinski definition) is 1. The molecule has 2 amide bonds. The van der Waals surface area contributed by atoms with Gasteiger partial charge in [0, 0.05) is 32.7 Å². The third-order valence-electron chi connectivity index (χ3n) is 5.14. The first kappa shape index (κ1) is 22.2. The van der Waals surface area contributed by atoms with Gasteiger partial charge in [0.2, 0.25) is 5.91 Å². The number of hydrogen-bond acceptors (Lipinski definition) is 4. The number of carbonyl (C=O) groups excluding carboxylic acids is 2. The SMILES string of the molecule is CCNC(=O)CN1CCCN(C(=O)c2c(C)nn(Cc3ccc(F)cc3)c2Cl)CC1. The summed E-state index contributed by atoms with van der Waals surface area (Å²) >= 11 is 6.51. The molecule has 162 valence electrons. The van der Waals surface area contributed by atoms with E-state index in [0.29, 0.717) is 50.5 Å². The molecule has 7 nitrogen and oxygen atoms in total. The number of benzene rings is 1. The smallest absolute Gasteiger partial charge is 0.258 e. The Morgan fingerprint density at radius 3 is 2.60 bits per heavy atom. The van der Waals surface area contributed by atoms with Gasteiger partial charge in [0.15, 0.2) is 0 Å². The lowest BCUT2D eigenvalue weighted by atomic mass is 10.2. The Kier molecular flexibility index (Phi) is 7.44. The van der Waals surface area contributed by atoms with Crippen LogP contribution >= 0.6 is 11.6 Å². The average molecular weight is 436 g/mol. The van der Waals surface area contributed by atoms with Crippen molar-refractivity contribution in [1.82, 2.24) is 24.9 Å². The number of nitrogens with one attached hydrogen (secondary N) is 1. The molecule has 1 fully saturated rings. The van der Waals surface area contributed by atoms with E-state index in [4.69, 9.17) is 11.6 Å². The Bertz CT molecular complexity index is 900. The molecule has 1 aliphatic heterocycles. The molecule has 0 radical (unpaired) electrons. The summed E-state index contributed by atoms with van der Waals surface area (Å²) in [4.78, 5) is 28.8. The maximum absolute atomic E-state index is 13.2. The van der Waals surface area contributed by atoms with Crippen LogP contribution in [0.3, 0.4) is 0 Å². The zero-order valence-electron chi connectivity index (χ0n) is 17.3. The minimum Gasteiger partial charge on any atom is -0.355 e. The van der Waals surface area contributed by atoms with Gasteiger partial charge in [-0.25, -0.2) is 9.07 Å². The molecule has 0 unspecified atom stereocenters. The Labute approximate surface area is 180 Å². The van der Waals surface area contributed by atoms with E-state index in [1.807, 2.05) is 6.92 Å². The van der Waals surface area contributed by atoms with E-state index in [2.05, 4.69) is 15.3 Å². The predicted molar refractivity (Wildman–Crippen MR) is 113 cm³/mol. The maximum atomic E-state index is 13.2. The van der Waals surface area contributed by atoms with Crippen molar-refractivity contribution < 1.29 is 14.0 Å². The van der Waals surface area contributed by atoms with Crippen molar-refractivity contribution in [1.29, 1.82) is 0 Å². The molecule has 0 spiro atoms. The minimum atomic E-state index is -0.306. The van der Waals surface area contributed by atoms with Gasteiger partial charge in [0.25, 0.3) is 5.91 Å². The first-order chi connectivity index (χ1) is 14.4. The normalized spacial score (nSPS) is 15.1. The summed E-state index contributed by atoms with van der Waals surface area (Å²) in [6.45, 7) is 7.47. The van der Waals surface area contributed by atoms with Crippen LogP contribution in [0.4, 0.5) is 4.39 Å². The first-order valence-corrected chi connectivity index (χ1v) is 10.5. The summed E-state index contributed by atoms with van der Waals surface area (Å²) in [6, 6.07) is 6.11. The van der Waals surface area contributed by atoms with E-state index in [0.717, 1.165) is 18.5 Å². The van der Waals surface area contributed by atoms with Crippen molar-refractivity contribution in [2.75, 3.05) is 39.3 Å². The third-order valence-corrected chi connectivity index (χ3v) is 5.53. The molecule has 1 aromatic heterocycles. The van der Waals surface area contributed by atoms with Crippen molar-refractivity contribution in [3.8, 4) is 0 Å². The van der Waals surface area contributed by atoms with Crippen LogP contribution in [0.1, 0.15) is 35.0 Å². The van der Waals surface area contributed by atoms with Crippen molar-refractivity contribution in [2.24, 2.45) is 0 Å².